The van der Waals surface area contributed by atoms with Gasteiger partial charge in [0, 0.05) is 36.3 Å². The molecule has 2 N–H and O–H groups in total. The quantitative estimate of drug-likeness (QED) is 0.400. The lowest BCUT2D eigenvalue weighted by Gasteiger charge is -2.31. The van der Waals surface area contributed by atoms with Gasteiger partial charge in [0.25, 0.3) is 0 Å². The number of hydrazone groups is 1. The second-order valence-electron chi connectivity index (χ2n) is 7.19. The number of para-hydroxylation sites is 2. The molecule has 1 heterocycles. The van der Waals surface area contributed by atoms with Gasteiger partial charge in [-0.15, -0.1) is 0 Å². The van der Waals surface area contributed by atoms with Crippen molar-refractivity contribution in [2.24, 2.45) is 5.10 Å². The number of thiocarbonyl (C=S) groups is 1. The smallest absolute Gasteiger partial charge is 0.108 e. The van der Waals surface area contributed by atoms with E-state index in [0.717, 1.165) is 55.5 Å². The number of hydrogen-bond acceptors (Lipinski definition) is 5. The second kappa shape index (κ2) is 10.2. The lowest BCUT2D eigenvalue weighted by Crippen LogP contribution is -2.36. The molecule has 154 valence electrons. The van der Waals surface area contributed by atoms with Crippen LogP contribution in [-0.4, -0.2) is 42.4 Å². The Hall–Kier alpha value is -2.96. The van der Waals surface area contributed by atoms with Gasteiger partial charge in [0.1, 0.15) is 4.99 Å². The molecule has 5 nitrogen and oxygen atoms in total. The number of nitrogens with one attached hydrogen (secondary N) is 2. The maximum absolute atomic E-state index is 5.79. The number of rotatable bonds is 6. The Labute approximate surface area is 183 Å². The zero-order valence-electron chi connectivity index (χ0n) is 16.9. The summed E-state index contributed by atoms with van der Waals surface area (Å²) in [5.74, 6) is 0. The minimum atomic E-state index is 0.743. The molecule has 0 spiro atoms. The second-order valence-corrected chi connectivity index (χ2v) is 7.60. The van der Waals surface area contributed by atoms with Crippen LogP contribution in [0, 0.1) is 0 Å². The van der Waals surface area contributed by atoms with Gasteiger partial charge in [0.15, 0.2) is 0 Å². The number of anilines is 2. The van der Waals surface area contributed by atoms with Crippen LogP contribution in [0.3, 0.4) is 0 Å². The van der Waals surface area contributed by atoms with E-state index in [1.807, 2.05) is 66.9 Å². The van der Waals surface area contributed by atoms with Crippen molar-refractivity contribution >= 4 is 34.8 Å². The molecule has 0 aromatic heterocycles. The predicted octanol–water partition coefficient (Wildman–Crippen LogP) is 4.83. The van der Waals surface area contributed by atoms with Crippen molar-refractivity contribution in [3.05, 3.63) is 83.6 Å². The lowest BCUT2D eigenvalue weighted by atomic mass is 10.1. The normalized spacial score (nSPS) is 18.3. The molecule has 0 unspecified atom stereocenters. The maximum atomic E-state index is 5.79. The van der Waals surface area contributed by atoms with Crippen molar-refractivity contribution in [3.63, 3.8) is 0 Å². The van der Waals surface area contributed by atoms with E-state index in [9.17, 15) is 0 Å². The summed E-state index contributed by atoms with van der Waals surface area (Å²) in [5, 5.41) is 7.76. The first-order chi connectivity index (χ1) is 14.8. The summed E-state index contributed by atoms with van der Waals surface area (Å²) in [4.78, 5) is 3.19. The number of benzene rings is 2. The summed E-state index contributed by atoms with van der Waals surface area (Å²) < 4.78 is 5.56. The summed E-state index contributed by atoms with van der Waals surface area (Å²) >= 11 is 5.79. The third-order valence-corrected chi connectivity index (χ3v) is 5.53. The average molecular weight is 419 g/mol. The standard InChI is InChI=1S/C24H26N4OS/c30-24(26-20-7-3-1-4-8-20)22-12-11-19(23(22)28-15-17-29-18-16-28)13-14-25-27-21-9-5-2-6-10-21/h1-10,13-14,27H,11-12,15-18H2,(H,26,30)/b19-13-,25-14-. The zero-order chi connectivity index (χ0) is 20.6. The summed E-state index contributed by atoms with van der Waals surface area (Å²) in [7, 11) is 0. The molecule has 0 saturated carbocycles. The first-order valence-electron chi connectivity index (χ1n) is 10.3. The van der Waals surface area contributed by atoms with Crippen LogP contribution in [0.25, 0.3) is 0 Å². The van der Waals surface area contributed by atoms with E-state index in [-0.39, 0.29) is 0 Å². The molecule has 30 heavy (non-hydrogen) atoms. The first-order valence-corrected chi connectivity index (χ1v) is 10.7. The fraction of sp³-hybridized carbons (Fsp3) is 0.250. The summed E-state index contributed by atoms with van der Waals surface area (Å²) in [5.41, 5.74) is 8.75. The van der Waals surface area contributed by atoms with E-state index in [0.29, 0.717) is 0 Å². The highest BCUT2D eigenvalue weighted by Gasteiger charge is 2.28. The van der Waals surface area contributed by atoms with Gasteiger partial charge in [-0.3, -0.25) is 5.43 Å². The minimum absolute atomic E-state index is 0.743. The number of hydrogen-bond donors (Lipinski definition) is 2. The Bertz CT molecular complexity index is 948. The number of allylic oxidation sites excluding steroid dienone is 2. The van der Waals surface area contributed by atoms with Crippen LogP contribution < -0.4 is 10.7 Å². The Morgan fingerprint density at radius 2 is 1.60 bits per heavy atom. The molecule has 2 aromatic rings. The molecule has 0 radical (unpaired) electrons. The molecule has 1 aliphatic carbocycles. The maximum Gasteiger partial charge on any atom is 0.108 e. The van der Waals surface area contributed by atoms with Gasteiger partial charge >= 0.3 is 0 Å². The molecule has 2 aromatic carbocycles. The van der Waals surface area contributed by atoms with Crippen LogP contribution in [0.1, 0.15) is 12.8 Å². The highest BCUT2D eigenvalue weighted by atomic mass is 32.1. The van der Waals surface area contributed by atoms with Gasteiger partial charge in [-0.25, -0.2) is 0 Å². The van der Waals surface area contributed by atoms with Crippen LogP contribution in [0.2, 0.25) is 0 Å². The third-order valence-electron chi connectivity index (χ3n) is 5.19. The van der Waals surface area contributed by atoms with Crippen LogP contribution in [-0.2, 0) is 4.74 Å². The van der Waals surface area contributed by atoms with E-state index in [4.69, 9.17) is 17.0 Å². The molecular weight excluding hydrogens is 392 g/mol. The van der Waals surface area contributed by atoms with Crippen molar-refractivity contribution in [3.8, 4) is 0 Å². The van der Waals surface area contributed by atoms with Gasteiger partial charge in [0.2, 0.25) is 0 Å². The summed E-state index contributed by atoms with van der Waals surface area (Å²) in [6, 6.07) is 20.0. The Morgan fingerprint density at radius 3 is 2.30 bits per heavy atom. The predicted molar refractivity (Wildman–Crippen MR) is 128 cm³/mol. The SMILES string of the molecule is S=C(Nc1ccccc1)C1=C(N2CCOCC2)/C(=C\C=N/Nc2ccccc2)CC1. The largest absolute Gasteiger partial charge is 0.378 e. The Morgan fingerprint density at radius 1 is 0.933 bits per heavy atom. The highest BCUT2D eigenvalue weighted by Crippen LogP contribution is 2.35. The fourth-order valence-corrected chi connectivity index (χ4v) is 4.05. The van der Waals surface area contributed by atoms with E-state index in [1.165, 1.54) is 16.8 Å². The monoisotopic (exact) mass is 418 g/mol. The van der Waals surface area contributed by atoms with Gasteiger partial charge in [0.05, 0.1) is 18.9 Å². The van der Waals surface area contributed by atoms with Crippen molar-refractivity contribution in [1.82, 2.24) is 4.90 Å². The van der Waals surface area contributed by atoms with Crippen molar-refractivity contribution in [2.45, 2.75) is 12.8 Å². The van der Waals surface area contributed by atoms with Crippen LogP contribution in [0.5, 0.6) is 0 Å². The minimum Gasteiger partial charge on any atom is -0.378 e. The topological polar surface area (TPSA) is 48.9 Å². The molecule has 2 aliphatic rings. The molecule has 1 saturated heterocycles. The van der Waals surface area contributed by atoms with Crippen molar-refractivity contribution < 1.29 is 4.74 Å². The number of morpholine rings is 1. The first kappa shape index (κ1) is 20.3. The van der Waals surface area contributed by atoms with Gasteiger partial charge in [-0.2, -0.15) is 5.10 Å². The molecule has 6 heteroatoms. The number of ether oxygens (including phenoxy) is 1. The van der Waals surface area contributed by atoms with Crippen LogP contribution in [0.15, 0.2) is 88.7 Å². The van der Waals surface area contributed by atoms with E-state index < -0.39 is 0 Å². The molecule has 1 fully saturated rings. The Balaban J connectivity index is 1.54. The van der Waals surface area contributed by atoms with Gasteiger partial charge in [-0.1, -0.05) is 48.6 Å². The van der Waals surface area contributed by atoms with E-state index >= 15 is 0 Å². The number of nitrogens with zero attached hydrogens (tertiary/aromatic N) is 2. The highest BCUT2D eigenvalue weighted by molar-refractivity contribution is 7.81. The third kappa shape index (κ3) is 5.14. The molecule has 0 bridgehead atoms. The average Bonchev–Trinajstić information content (AvgIpc) is 3.23. The van der Waals surface area contributed by atoms with Crippen molar-refractivity contribution in [2.75, 3.05) is 37.0 Å². The van der Waals surface area contributed by atoms with Gasteiger partial charge < -0.3 is 15.0 Å². The molecule has 0 atom stereocenters. The summed E-state index contributed by atoms with van der Waals surface area (Å²) in [6.45, 7) is 3.24. The molecule has 0 amide bonds. The van der Waals surface area contributed by atoms with Crippen LogP contribution >= 0.6 is 12.2 Å². The van der Waals surface area contributed by atoms with Crippen molar-refractivity contribution in [1.29, 1.82) is 0 Å². The molecular formula is C24H26N4OS. The molecule has 1 aliphatic heterocycles. The lowest BCUT2D eigenvalue weighted by molar-refractivity contribution is 0.0548. The fourth-order valence-electron chi connectivity index (χ4n) is 3.73. The van der Waals surface area contributed by atoms with E-state index in [1.54, 1.807) is 0 Å². The summed E-state index contributed by atoms with van der Waals surface area (Å²) in [6.07, 6.45) is 5.81. The van der Waals surface area contributed by atoms with E-state index in [2.05, 4.69) is 26.8 Å². The van der Waals surface area contributed by atoms with Crippen LogP contribution in [0.4, 0.5) is 11.4 Å². The van der Waals surface area contributed by atoms with Gasteiger partial charge in [-0.05, 0) is 48.8 Å². The molecule has 4 rings (SSSR count). The zero-order valence-corrected chi connectivity index (χ0v) is 17.7. The Kier molecular flexibility index (Phi) is 6.90.